The van der Waals surface area contributed by atoms with E-state index < -0.39 is 12.2 Å². The van der Waals surface area contributed by atoms with Crippen molar-refractivity contribution < 1.29 is 14.3 Å². The minimum absolute atomic E-state index is 0.420. The number of nitrogens with two attached hydrogens (primary N) is 1. The first-order valence-corrected chi connectivity index (χ1v) is 5.72. The third-order valence-corrected chi connectivity index (χ3v) is 2.67. The fraction of sp³-hybridized carbons (Fsp3) is 0.417. The molecule has 0 aliphatic heterocycles. The lowest BCUT2D eigenvalue weighted by Crippen LogP contribution is -2.18. The van der Waals surface area contributed by atoms with E-state index in [4.69, 9.17) is 26.8 Å². The number of primary amides is 1. The van der Waals surface area contributed by atoms with Gasteiger partial charge in [-0.3, -0.25) is 0 Å². The van der Waals surface area contributed by atoms with E-state index in [2.05, 4.69) is 0 Å². The van der Waals surface area contributed by atoms with Crippen LogP contribution in [0.15, 0.2) is 24.3 Å². The number of ether oxygens (including phenoxy) is 2. The molecule has 0 saturated heterocycles. The van der Waals surface area contributed by atoms with E-state index in [9.17, 15) is 4.79 Å². The van der Waals surface area contributed by atoms with Crippen molar-refractivity contribution in [3.8, 4) is 0 Å². The van der Waals surface area contributed by atoms with Gasteiger partial charge >= 0.3 is 6.09 Å². The number of carbonyl (C=O) groups is 1. The quantitative estimate of drug-likeness (QED) is 0.797. The molecule has 1 amide bonds. The Morgan fingerprint density at radius 3 is 2.76 bits per heavy atom. The van der Waals surface area contributed by atoms with Gasteiger partial charge in [-0.2, -0.15) is 0 Å². The molecule has 94 valence electrons. The maximum absolute atomic E-state index is 10.9. The monoisotopic (exact) mass is 257 g/mol. The molecule has 1 rings (SSSR count). The second kappa shape index (κ2) is 7.14. The third-order valence-electron chi connectivity index (χ3n) is 2.33. The number of halogens is 1. The number of hydrogen-bond acceptors (Lipinski definition) is 3. The van der Waals surface area contributed by atoms with Gasteiger partial charge in [0, 0.05) is 24.3 Å². The van der Waals surface area contributed by atoms with Crippen molar-refractivity contribution in [2.75, 3.05) is 13.7 Å². The predicted octanol–water partition coefficient (Wildman–Crippen LogP) is 2.90. The van der Waals surface area contributed by atoms with Gasteiger partial charge in [-0.1, -0.05) is 29.8 Å². The van der Waals surface area contributed by atoms with E-state index in [1.165, 1.54) is 0 Å². The fourth-order valence-electron chi connectivity index (χ4n) is 1.57. The number of methoxy groups -OCH3 is 1. The summed E-state index contributed by atoms with van der Waals surface area (Å²) in [5.74, 6) is 0. The van der Waals surface area contributed by atoms with Crippen molar-refractivity contribution in [1.29, 1.82) is 0 Å². The molecule has 0 heterocycles. The third kappa shape index (κ3) is 4.63. The number of hydrogen-bond donors (Lipinski definition) is 1. The van der Waals surface area contributed by atoms with Gasteiger partial charge in [0.2, 0.25) is 0 Å². The molecular weight excluding hydrogens is 242 g/mol. The SMILES string of the molecule is COCCC[C@@H](OC(N)=O)c1ccccc1Cl. The first kappa shape index (κ1) is 13.8. The molecule has 0 aliphatic carbocycles. The van der Waals surface area contributed by atoms with E-state index in [1.54, 1.807) is 13.2 Å². The Hall–Kier alpha value is -1.26. The van der Waals surface area contributed by atoms with Gasteiger partial charge in [-0.05, 0) is 18.9 Å². The summed E-state index contributed by atoms with van der Waals surface area (Å²) < 4.78 is 10.0. The predicted molar refractivity (Wildman–Crippen MR) is 66.0 cm³/mol. The Morgan fingerprint density at radius 2 is 2.18 bits per heavy atom. The molecule has 0 spiro atoms. The molecule has 0 unspecified atom stereocenters. The molecular formula is C12H16ClNO3. The molecule has 0 bridgehead atoms. The van der Waals surface area contributed by atoms with E-state index in [0.29, 0.717) is 18.1 Å². The van der Waals surface area contributed by atoms with Crippen molar-refractivity contribution in [1.82, 2.24) is 0 Å². The Labute approximate surface area is 106 Å². The molecule has 17 heavy (non-hydrogen) atoms. The summed E-state index contributed by atoms with van der Waals surface area (Å²) in [6, 6.07) is 7.24. The fourth-order valence-corrected chi connectivity index (χ4v) is 1.82. The maximum Gasteiger partial charge on any atom is 0.405 e. The molecule has 4 nitrogen and oxygen atoms in total. The highest BCUT2D eigenvalue weighted by Crippen LogP contribution is 2.28. The standard InChI is InChI=1S/C12H16ClNO3/c1-16-8-4-7-11(17-12(14)15)9-5-2-3-6-10(9)13/h2-3,5-6,11H,4,7-8H2,1H3,(H2,14,15)/t11-/m1/s1. The van der Waals surface area contributed by atoms with Crippen LogP contribution in [0.25, 0.3) is 0 Å². The smallest absolute Gasteiger partial charge is 0.405 e. The van der Waals surface area contributed by atoms with Crippen LogP contribution in [0.2, 0.25) is 5.02 Å². The lowest BCUT2D eigenvalue weighted by atomic mass is 10.0. The highest BCUT2D eigenvalue weighted by molar-refractivity contribution is 6.31. The van der Waals surface area contributed by atoms with Gasteiger partial charge < -0.3 is 15.2 Å². The van der Waals surface area contributed by atoms with Crippen molar-refractivity contribution in [3.63, 3.8) is 0 Å². The first-order chi connectivity index (χ1) is 8.15. The van der Waals surface area contributed by atoms with E-state index >= 15 is 0 Å². The summed E-state index contributed by atoms with van der Waals surface area (Å²) in [7, 11) is 1.62. The molecule has 0 aromatic heterocycles. The zero-order valence-electron chi connectivity index (χ0n) is 9.69. The summed E-state index contributed by atoms with van der Waals surface area (Å²) in [4.78, 5) is 10.9. The van der Waals surface area contributed by atoms with Crippen LogP contribution in [0.3, 0.4) is 0 Å². The van der Waals surface area contributed by atoms with Gasteiger partial charge in [0.25, 0.3) is 0 Å². The highest BCUT2D eigenvalue weighted by Gasteiger charge is 2.17. The van der Waals surface area contributed by atoms with Crippen LogP contribution in [0.5, 0.6) is 0 Å². The minimum Gasteiger partial charge on any atom is -0.441 e. The van der Waals surface area contributed by atoms with Crippen LogP contribution in [-0.4, -0.2) is 19.8 Å². The number of carbonyl (C=O) groups excluding carboxylic acids is 1. The average molecular weight is 258 g/mol. The van der Waals surface area contributed by atoms with Crippen LogP contribution in [0.1, 0.15) is 24.5 Å². The second-order valence-corrected chi connectivity index (χ2v) is 3.99. The Balaban J connectivity index is 2.75. The topological polar surface area (TPSA) is 61.6 Å². The van der Waals surface area contributed by atoms with Gasteiger partial charge in [0.1, 0.15) is 6.10 Å². The highest BCUT2D eigenvalue weighted by atomic mass is 35.5. The number of amides is 1. The van der Waals surface area contributed by atoms with Crippen LogP contribution < -0.4 is 5.73 Å². The van der Waals surface area contributed by atoms with Gasteiger partial charge in [-0.15, -0.1) is 0 Å². The molecule has 0 fully saturated rings. The van der Waals surface area contributed by atoms with Crippen LogP contribution in [0, 0.1) is 0 Å². The van der Waals surface area contributed by atoms with Crippen molar-refractivity contribution in [2.24, 2.45) is 5.73 Å². The molecule has 2 N–H and O–H groups in total. The largest absolute Gasteiger partial charge is 0.441 e. The Bertz CT molecular complexity index is 371. The first-order valence-electron chi connectivity index (χ1n) is 5.34. The lowest BCUT2D eigenvalue weighted by molar-refractivity contribution is 0.0918. The summed E-state index contributed by atoms with van der Waals surface area (Å²) >= 11 is 6.05. The molecule has 0 aliphatic rings. The van der Waals surface area contributed by atoms with Crippen LogP contribution >= 0.6 is 11.6 Å². The van der Waals surface area contributed by atoms with Crippen molar-refractivity contribution >= 4 is 17.7 Å². The molecule has 0 radical (unpaired) electrons. The maximum atomic E-state index is 10.9. The zero-order chi connectivity index (χ0) is 12.7. The number of benzene rings is 1. The van der Waals surface area contributed by atoms with Crippen LogP contribution in [0.4, 0.5) is 4.79 Å². The normalized spacial score (nSPS) is 12.1. The molecule has 1 aromatic rings. The van der Waals surface area contributed by atoms with Gasteiger partial charge in [0.15, 0.2) is 0 Å². The van der Waals surface area contributed by atoms with E-state index in [0.717, 1.165) is 12.0 Å². The summed E-state index contributed by atoms with van der Waals surface area (Å²) in [5, 5.41) is 0.566. The van der Waals surface area contributed by atoms with Gasteiger partial charge in [0.05, 0.1) is 0 Å². The lowest BCUT2D eigenvalue weighted by Gasteiger charge is -2.17. The summed E-state index contributed by atoms with van der Waals surface area (Å²) in [6.07, 6.45) is 0.170. The Morgan fingerprint density at radius 1 is 1.47 bits per heavy atom. The second-order valence-electron chi connectivity index (χ2n) is 3.58. The average Bonchev–Trinajstić information content (AvgIpc) is 2.28. The van der Waals surface area contributed by atoms with Crippen molar-refractivity contribution in [2.45, 2.75) is 18.9 Å². The molecule has 1 aromatic carbocycles. The molecule has 1 atom stereocenters. The summed E-state index contributed by atoms with van der Waals surface area (Å²) in [6.45, 7) is 0.600. The number of rotatable bonds is 6. The molecule has 5 heteroatoms. The van der Waals surface area contributed by atoms with E-state index in [-0.39, 0.29) is 0 Å². The van der Waals surface area contributed by atoms with E-state index in [1.807, 2.05) is 18.2 Å². The minimum atomic E-state index is -0.799. The van der Waals surface area contributed by atoms with Crippen molar-refractivity contribution in [3.05, 3.63) is 34.9 Å². The van der Waals surface area contributed by atoms with Gasteiger partial charge in [-0.25, -0.2) is 4.79 Å². The zero-order valence-corrected chi connectivity index (χ0v) is 10.4. The molecule has 0 saturated carbocycles. The van der Waals surface area contributed by atoms with Crippen LogP contribution in [-0.2, 0) is 9.47 Å². The summed E-state index contributed by atoms with van der Waals surface area (Å²) in [5.41, 5.74) is 5.82. The Kier molecular flexibility index (Phi) is 5.80.